The number of carbonyl (C=O) groups is 1. The van der Waals surface area contributed by atoms with Gasteiger partial charge >= 0.3 is 10.2 Å². The number of benzene rings is 3. The van der Waals surface area contributed by atoms with Crippen LogP contribution in [-0.2, 0) is 26.2 Å². The molecule has 5 aromatic rings. The van der Waals surface area contributed by atoms with E-state index >= 15 is 0 Å². The molecule has 0 N–H and O–H groups in total. The summed E-state index contributed by atoms with van der Waals surface area (Å²) in [4.78, 5) is 18.0. The number of amides is 1. The van der Waals surface area contributed by atoms with Crippen molar-refractivity contribution in [2.75, 3.05) is 30.8 Å². The summed E-state index contributed by atoms with van der Waals surface area (Å²) < 4.78 is 42.7. The maximum absolute atomic E-state index is 13.6. The fourth-order valence-corrected chi connectivity index (χ4v) is 9.82. The molecular weight excluding hydrogens is 800 g/mol. The van der Waals surface area contributed by atoms with E-state index in [-0.39, 0.29) is 13.3 Å². The molecule has 3 heterocycles. The molecule has 1 aliphatic heterocycles. The van der Waals surface area contributed by atoms with Crippen molar-refractivity contribution in [1.82, 2.24) is 24.1 Å². The highest BCUT2D eigenvalue weighted by atomic mass is 35.5. The largest absolute Gasteiger partial charge is 0.477 e. The van der Waals surface area contributed by atoms with Crippen molar-refractivity contribution in [3.8, 4) is 34.1 Å². The minimum absolute atomic E-state index is 0.315. The third kappa shape index (κ3) is 10.1. The van der Waals surface area contributed by atoms with Crippen molar-refractivity contribution in [3.63, 3.8) is 0 Å². The zero-order chi connectivity index (χ0) is 40.2. The first-order valence-corrected chi connectivity index (χ1v) is 25.3. The number of imidazole rings is 1. The van der Waals surface area contributed by atoms with Gasteiger partial charge in [0.2, 0.25) is 5.88 Å². The smallest absolute Gasteiger partial charge is 0.331 e. The number of halogens is 2. The minimum atomic E-state index is -4.16. The van der Waals surface area contributed by atoms with Crippen LogP contribution in [0, 0.1) is 5.92 Å². The van der Waals surface area contributed by atoms with Gasteiger partial charge in [-0.2, -0.15) is 12.7 Å². The Kier molecular flexibility index (Phi) is 12.7. The van der Waals surface area contributed by atoms with Gasteiger partial charge in [-0.15, -0.1) is 10.2 Å². The van der Waals surface area contributed by atoms with Crippen LogP contribution < -0.4 is 9.04 Å². The minimum Gasteiger partial charge on any atom is -0.477 e. The van der Waals surface area contributed by atoms with E-state index in [9.17, 15) is 13.2 Å². The van der Waals surface area contributed by atoms with E-state index in [4.69, 9.17) is 37.7 Å². The Balaban J connectivity index is 1.10. The van der Waals surface area contributed by atoms with Gasteiger partial charge in [0.05, 0.1) is 28.7 Å². The van der Waals surface area contributed by atoms with Crippen LogP contribution in [-0.4, -0.2) is 72.9 Å². The van der Waals surface area contributed by atoms with E-state index in [0.29, 0.717) is 64.0 Å². The fourth-order valence-electron chi connectivity index (χ4n) is 7.14. The van der Waals surface area contributed by atoms with Crippen molar-refractivity contribution in [2.45, 2.75) is 70.6 Å². The van der Waals surface area contributed by atoms with Crippen molar-refractivity contribution < 1.29 is 22.7 Å². The lowest BCUT2D eigenvalue weighted by Gasteiger charge is -2.21. The van der Waals surface area contributed by atoms with Crippen LogP contribution in [0.2, 0.25) is 35.7 Å². The van der Waals surface area contributed by atoms with Crippen molar-refractivity contribution in [1.29, 1.82) is 0 Å². The quantitative estimate of drug-likeness (QED) is 0.0756. The molecule has 0 atom stereocenters. The van der Waals surface area contributed by atoms with E-state index in [0.717, 1.165) is 43.8 Å². The Labute approximate surface area is 346 Å². The van der Waals surface area contributed by atoms with E-state index in [1.807, 2.05) is 59.3 Å². The predicted molar refractivity (Wildman–Crippen MR) is 228 cm³/mol. The van der Waals surface area contributed by atoms with Crippen molar-refractivity contribution in [2.24, 2.45) is 5.92 Å². The summed E-state index contributed by atoms with van der Waals surface area (Å²) in [6, 6.07) is 25.0. The van der Waals surface area contributed by atoms with Crippen LogP contribution in [0.5, 0.6) is 5.88 Å². The number of ether oxygens (including phenoxy) is 2. The molecule has 1 saturated carbocycles. The van der Waals surface area contributed by atoms with Crippen LogP contribution in [0.3, 0.4) is 0 Å². The molecule has 2 aromatic heterocycles. The average Bonchev–Trinajstić information content (AvgIpc) is 3.70. The molecule has 0 bridgehead atoms. The van der Waals surface area contributed by atoms with Gasteiger partial charge in [-0.1, -0.05) is 105 Å². The third-order valence-electron chi connectivity index (χ3n) is 10.5. The highest BCUT2D eigenvalue weighted by molar-refractivity contribution is 7.91. The Morgan fingerprint density at radius 1 is 0.860 bits per heavy atom. The summed E-state index contributed by atoms with van der Waals surface area (Å²) in [5.74, 6) is 1.43. The normalized spacial score (nSPS) is 16.1. The van der Waals surface area contributed by atoms with Crippen molar-refractivity contribution >= 4 is 53.1 Å². The second kappa shape index (κ2) is 17.7. The average molecular weight is 848 g/mol. The molecule has 2 fully saturated rings. The number of nitrogens with zero attached hydrogens (tertiary/aromatic N) is 6. The molecule has 7 rings (SSSR count). The van der Waals surface area contributed by atoms with E-state index in [1.165, 1.54) is 32.1 Å². The number of aromatic nitrogens is 4. The molecule has 15 heteroatoms. The highest BCUT2D eigenvalue weighted by Gasteiger charge is 2.43. The first-order chi connectivity index (χ1) is 27.3. The molecule has 1 amide bonds. The zero-order valence-corrected chi connectivity index (χ0v) is 35.9. The summed E-state index contributed by atoms with van der Waals surface area (Å²) in [5.41, 5.74) is 4.98. The molecule has 0 spiro atoms. The zero-order valence-electron chi connectivity index (χ0n) is 32.5. The van der Waals surface area contributed by atoms with E-state index < -0.39 is 24.2 Å². The predicted octanol–water partition coefficient (Wildman–Crippen LogP) is 9.45. The number of rotatable bonds is 15. The molecule has 2 aliphatic rings. The summed E-state index contributed by atoms with van der Waals surface area (Å²) in [6.45, 7) is 7.05. The fraction of sp³-hybridized carbons (Fsp3) is 0.381. The summed E-state index contributed by atoms with van der Waals surface area (Å²) >= 11 is 12.9. The second-order valence-corrected chi connectivity index (χ2v) is 24.2. The van der Waals surface area contributed by atoms with Gasteiger partial charge in [-0.25, -0.2) is 9.29 Å². The topological polar surface area (TPSA) is 120 Å². The monoisotopic (exact) mass is 846 g/mol. The van der Waals surface area contributed by atoms with Gasteiger partial charge in [0.25, 0.3) is 5.91 Å². The Morgan fingerprint density at radius 2 is 1.63 bits per heavy atom. The summed E-state index contributed by atoms with van der Waals surface area (Å²) in [7, 11) is -5.55. The molecule has 57 heavy (non-hydrogen) atoms. The maximum Gasteiger partial charge on any atom is 0.331 e. The Bertz CT molecular complexity index is 2300. The maximum atomic E-state index is 13.6. The standard InChI is InChI=1S/C42H48Cl2N6O5SSi/c1-57(2,3)23-22-54-29-50-42(51)28-49(56(50,52)53)35-11-7-10-34(26-35)48-27-39(36-17-16-33(43)25-37(36)44)45-40(48)24-31-12-14-32(15-13-31)38-18-19-41(47-46-38)55-21-20-30-8-5-4-6-9-30/h7,10-19,25-27,30H,4-6,8-9,20-24,28-29H2,1-3H3. The molecule has 300 valence electrons. The molecule has 3 aromatic carbocycles. The van der Waals surface area contributed by atoms with E-state index in [2.05, 4.69) is 29.8 Å². The first kappa shape index (κ1) is 40.9. The van der Waals surface area contributed by atoms with Gasteiger partial charge in [0.1, 0.15) is 19.1 Å². The molecule has 11 nitrogen and oxygen atoms in total. The number of hydrogen-bond acceptors (Lipinski definition) is 8. The van der Waals surface area contributed by atoms with Crippen LogP contribution in [0.4, 0.5) is 5.69 Å². The van der Waals surface area contributed by atoms with Gasteiger partial charge < -0.3 is 14.0 Å². The second-order valence-electron chi connectivity index (χ2n) is 15.9. The summed E-state index contributed by atoms with van der Waals surface area (Å²) in [5, 5.41) is 9.71. The first-order valence-electron chi connectivity index (χ1n) is 19.4. The lowest BCUT2D eigenvalue weighted by molar-refractivity contribution is -0.127. The Morgan fingerprint density at radius 3 is 2.35 bits per heavy atom. The number of carbonyl (C=O) groups excluding carboxylic acids is 1. The highest BCUT2D eigenvalue weighted by Crippen LogP contribution is 2.34. The number of anilines is 1. The van der Waals surface area contributed by atoms with Crippen LogP contribution in [0.1, 0.15) is 49.9 Å². The van der Waals surface area contributed by atoms with Crippen LogP contribution >= 0.6 is 23.2 Å². The van der Waals surface area contributed by atoms with Crippen molar-refractivity contribution in [3.05, 3.63) is 106 Å². The molecular formula is C42H48Cl2N6O5SSi. The summed E-state index contributed by atoms with van der Waals surface area (Å²) in [6.07, 6.45) is 9.94. The van der Waals surface area contributed by atoms with Gasteiger partial charge in [-0.05, 0) is 66.4 Å². The Hall–Kier alpha value is -4.27. The third-order valence-corrected chi connectivity index (χ3v) is 14.5. The van der Waals surface area contributed by atoms with Gasteiger partial charge in [-0.3, -0.25) is 4.79 Å². The number of hydrogen-bond donors (Lipinski definition) is 0. The molecule has 1 saturated heterocycles. The van der Waals surface area contributed by atoms with Crippen LogP contribution in [0.15, 0.2) is 85.1 Å². The van der Waals surface area contributed by atoms with Gasteiger partial charge in [0, 0.05) is 55.2 Å². The lowest BCUT2D eigenvalue weighted by atomic mass is 9.87. The molecule has 0 unspecified atom stereocenters. The van der Waals surface area contributed by atoms with Gasteiger partial charge in [0.15, 0.2) is 0 Å². The van der Waals surface area contributed by atoms with Crippen LogP contribution in [0.25, 0.3) is 28.2 Å². The SMILES string of the molecule is C[Si](C)(C)CCOCN1C(=O)CN(c2cccc(-n3cc(-c4ccc(Cl)cc4Cl)nc3Cc3ccc(-c4ccc(OCCC5CCCCC5)nn4)cc3)c2)S1(=O)=O. The van der Waals surface area contributed by atoms with E-state index in [1.54, 1.807) is 30.3 Å². The molecule has 1 aliphatic carbocycles. The molecule has 0 radical (unpaired) electrons. The lowest BCUT2D eigenvalue weighted by Crippen LogP contribution is -2.36.